The van der Waals surface area contributed by atoms with Gasteiger partial charge in [-0.3, -0.25) is 9.69 Å². The molecule has 138 valence electrons. The van der Waals surface area contributed by atoms with Crippen LogP contribution in [0.1, 0.15) is 15.9 Å². The standard InChI is InChI=1S/C19H19BrF2N2O2/c1-26-18-5-3-15(21)10-13(18)12-23-6-8-24(9-7-23)19(25)16-4-2-14(20)11-17(16)22/h2-5,10-11H,6-9,12H2,1H3. The van der Waals surface area contributed by atoms with Gasteiger partial charge in [0.2, 0.25) is 0 Å². The van der Waals surface area contributed by atoms with Crippen LogP contribution in [0.4, 0.5) is 8.78 Å². The van der Waals surface area contributed by atoms with Gasteiger partial charge in [-0.05, 0) is 36.4 Å². The van der Waals surface area contributed by atoms with E-state index in [1.54, 1.807) is 24.1 Å². The van der Waals surface area contributed by atoms with Crippen molar-refractivity contribution >= 4 is 21.8 Å². The van der Waals surface area contributed by atoms with Crippen molar-refractivity contribution < 1.29 is 18.3 Å². The van der Waals surface area contributed by atoms with Crippen LogP contribution < -0.4 is 4.74 Å². The largest absolute Gasteiger partial charge is 0.496 e. The van der Waals surface area contributed by atoms with Gasteiger partial charge in [0, 0.05) is 42.8 Å². The van der Waals surface area contributed by atoms with Gasteiger partial charge in [0.05, 0.1) is 12.7 Å². The van der Waals surface area contributed by atoms with Crippen LogP contribution in [0.25, 0.3) is 0 Å². The maximum absolute atomic E-state index is 14.0. The molecule has 2 aromatic rings. The number of halogens is 3. The van der Waals surface area contributed by atoms with Crippen molar-refractivity contribution in [1.82, 2.24) is 9.80 Å². The number of benzene rings is 2. The third-order valence-electron chi connectivity index (χ3n) is 4.46. The van der Waals surface area contributed by atoms with Gasteiger partial charge in [-0.15, -0.1) is 0 Å². The lowest BCUT2D eigenvalue weighted by Gasteiger charge is -2.35. The molecular formula is C19H19BrF2N2O2. The molecule has 1 amide bonds. The molecule has 0 spiro atoms. The summed E-state index contributed by atoms with van der Waals surface area (Å²) in [5.41, 5.74) is 0.847. The van der Waals surface area contributed by atoms with Crippen LogP contribution >= 0.6 is 15.9 Å². The Hall–Kier alpha value is -1.99. The van der Waals surface area contributed by atoms with Crippen LogP contribution in [0.15, 0.2) is 40.9 Å². The highest BCUT2D eigenvalue weighted by Gasteiger charge is 2.24. The summed E-state index contributed by atoms with van der Waals surface area (Å²) in [5, 5.41) is 0. The summed E-state index contributed by atoms with van der Waals surface area (Å²) in [7, 11) is 1.56. The van der Waals surface area contributed by atoms with Gasteiger partial charge >= 0.3 is 0 Å². The summed E-state index contributed by atoms with van der Waals surface area (Å²) in [4.78, 5) is 16.3. The van der Waals surface area contributed by atoms with Crippen molar-refractivity contribution in [2.45, 2.75) is 6.54 Å². The van der Waals surface area contributed by atoms with E-state index in [0.717, 1.165) is 5.56 Å². The van der Waals surface area contributed by atoms with Crippen molar-refractivity contribution in [3.63, 3.8) is 0 Å². The molecule has 0 unspecified atom stereocenters. The number of hydrogen-bond donors (Lipinski definition) is 0. The van der Waals surface area contributed by atoms with Crippen molar-refractivity contribution in [2.24, 2.45) is 0 Å². The fourth-order valence-electron chi connectivity index (χ4n) is 3.05. The summed E-state index contributed by atoms with van der Waals surface area (Å²) in [6, 6.07) is 8.88. The quantitative estimate of drug-likeness (QED) is 0.749. The maximum atomic E-state index is 14.0. The van der Waals surface area contributed by atoms with E-state index in [4.69, 9.17) is 4.74 Å². The molecule has 0 radical (unpaired) electrons. The van der Waals surface area contributed by atoms with Crippen LogP contribution in [0.2, 0.25) is 0 Å². The lowest BCUT2D eigenvalue weighted by atomic mass is 10.1. The molecule has 3 rings (SSSR count). The summed E-state index contributed by atoms with van der Waals surface area (Å²) in [5.74, 6) is -0.503. The Balaban J connectivity index is 1.62. The minimum absolute atomic E-state index is 0.0773. The van der Waals surface area contributed by atoms with Crippen LogP contribution in [0.3, 0.4) is 0 Å². The fraction of sp³-hybridized carbons (Fsp3) is 0.316. The first-order chi connectivity index (χ1) is 12.5. The number of nitrogens with zero attached hydrogens (tertiary/aromatic N) is 2. The third-order valence-corrected chi connectivity index (χ3v) is 4.95. The second-order valence-corrected chi connectivity index (χ2v) is 7.06. The molecule has 26 heavy (non-hydrogen) atoms. The number of hydrogen-bond acceptors (Lipinski definition) is 3. The maximum Gasteiger partial charge on any atom is 0.256 e. The van der Waals surface area contributed by atoms with E-state index in [2.05, 4.69) is 20.8 Å². The Labute approximate surface area is 159 Å². The molecule has 0 aliphatic carbocycles. The number of amides is 1. The molecule has 0 N–H and O–H groups in total. The second kappa shape index (κ2) is 8.14. The molecule has 0 saturated carbocycles. The van der Waals surface area contributed by atoms with Crippen molar-refractivity contribution in [3.05, 3.63) is 63.6 Å². The average Bonchev–Trinajstić information content (AvgIpc) is 2.62. The van der Waals surface area contributed by atoms with Crippen LogP contribution in [0, 0.1) is 11.6 Å². The number of carbonyl (C=O) groups is 1. The minimum atomic E-state index is -0.531. The highest BCUT2D eigenvalue weighted by atomic mass is 79.9. The molecular weight excluding hydrogens is 406 g/mol. The molecule has 0 atom stereocenters. The Morgan fingerprint density at radius 3 is 2.50 bits per heavy atom. The van der Waals surface area contributed by atoms with Gasteiger partial charge in [0.25, 0.3) is 5.91 Å². The Kier molecular flexibility index (Phi) is 5.88. The fourth-order valence-corrected chi connectivity index (χ4v) is 3.39. The second-order valence-electron chi connectivity index (χ2n) is 6.15. The van der Waals surface area contributed by atoms with Crippen LogP contribution in [-0.4, -0.2) is 49.0 Å². The highest BCUT2D eigenvalue weighted by molar-refractivity contribution is 9.10. The highest BCUT2D eigenvalue weighted by Crippen LogP contribution is 2.22. The SMILES string of the molecule is COc1ccc(F)cc1CN1CCN(C(=O)c2ccc(Br)cc2F)CC1. The first-order valence-corrected chi connectivity index (χ1v) is 9.06. The number of ether oxygens (including phenoxy) is 1. The summed E-state index contributed by atoms with van der Waals surface area (Å²) < 4.78 is 33.4. The molecule has 1 saturated heterocycles. The zero-order valence-electron chi connectivity index (χ0n) is 14.3. The predicted octanol–water partition coefficient (Wildman–Crippen LogP) is 3.69. The summed E-state index contributed by atoms with van der Waals surface area (Å²) >= 11 is 3.19. The lowest BCUT2D eigenvalue weighted by Crippen LogP contribution is -2.48. The van der Waals surface area contributed by atoms with E-state index in [-0.39, 0.29) is 17.3 Å². The van der Waals surface area contributed by atoms with E-state index >= 15 is 0 Å². The van der Waals surface area contributed by atoms with E-state index < -0.39 is 5.82 Å². The van der Waals surface area contributed by atoms with Gasteiger partial charge < -0.3 is 9.64 Å². The summed E-state index contributed by atoms with van der Waals surface area (Å²) in [6.45, 7) is 2.78. The zero-order valence-corrected chi connectivity index (χ0v) is 15.9. The molecule has 2 aromatic carbocycles. The van der Waals surface area contributed by atoms with E-state index in [1.807, 2.05) is 0 Å². The topological polar surface area (TPSA) is 32.8 Å². The van der Waals surface area contributed by atoms with E-state index in [9.17, 15) is 13.6 Å². The van der Waals surface area contributed by atoms with Crippen molar-refractivity contribution in [2.75, 3.05) is 33.3 Å². The first kappa shape index (κ1) is 18.8. The number of methoxy groups -OCH3 is 1. The van der Waals surface area contributed by atoms with Crippen LogP contribution in [0.5, 0.6) is 5.75 Å². The number of carbonyl (C=O) groups excluding carboxylic acids is 1. The van der Waals surface area contributed by atoms with Gasteiger partial charge in [-0.1, -0.05) is 15.9 Å². The molecule has 4 nitrogen and oxygen atoms in total. The summed E-state index contributed by atoms with van der Waals surface area (Å²) in [6.07, 6.45) is 0. The average molecular weight is 425 g/mol. The zero-order chi connectivity index (χ0) is 18.7. The molecule has 0 aromatic heterocycles. The van der Waals surface area contributed by atoms with Crippen molar-refractivity contribution in [1.29, 1.82) is 0 Å². The van der Waals surface area contributed by atoms with Crippen LogP contribution in [-0.2, 0) is 6.54 Å². The minimum Gasteiger partial charge on any atom is -0.496 e. The first-order valence-electron chi connectivity index (χ1n) is 8.27. The number of rotatable bonds is 4. The molecule has 0 bridgehead atoms. The normalized spacial score (nSPS) is 15.2. The van der Waals surface area contributed by atoms with Gasteiger partial charge in [0.1, 0.15) is 17.4 Å². The third kappa shape index (κ3) is 4.22. The van der Waals surface area contributed by atoms with E-state index in [0.29, 0.717) is 42.9 Å². The molecule has 1 aliphatic heterocycles. The molecule has 1 heterocycles. The Morgan fingerprint density at radius 2 is 1.85 bits per heavy atom. The Morgan fingerprint density at radius 1 is 1.12 bits per heavy atom. The monoisotopic (exact) mass is 424 g/mol. The lowest BCUT2D eigenvalue weighted by molar-refractivity contribution is 0.0623. The Bertz CT molecular complexity index is 808. The number of piperazine rings is 1. The van der Waals surface area contributed by atoms with Crippen molar-refractivity contribution in [3.8, 4) is 5.75 Å². The molecule has 7 heteroatoms. The smallest absolute Gasteiger partial charge is 0.256 e. The van der Waals surface area contributed by atoms with Gasteiger partial charge in [-0.2, -0.15) is 0 Å². The van der Waals surface area contributed by atoms with Gasteiger partial charge in [0.15, 0.2) is 0 Å². The molecule has 1 aliphatic rings. The molecule has 1 fully saturated rings. The van der Waals surface area contributed by atoms with Gasteiger partial charge in [-0.25, -0.2) is 8.78 Å². The van der Waals surface area contributed by atoms with E-state index in [1.165, 1.54) is 24.3 Å². The predicted molar refractivity (Wildman–Crippen MR) is 98.2 cm³/mol.